The average molecular weight is 447 g/mol. The number of hydrogen-bond donors (Lipinski definition) is 1. The van der Waals surface area contributed by atoms with E-state index in [1.54, 1.807) is 25.6 Å². The quantitative estimate of drug-likeness (QED) is 0.446. The SMILES string of the molecule is COc1cc2c(cc1/C=N\NC(=O)COc1cccc3cccnc13)C(C)CC(C)(C)N2C. The lowest BCUT2D eigenvalue weighted by Crippen LogP contribution is -2.45. The molecule has 1 aliphatic rings. The van der Waals surface area contributed by atoms with Crippen molar-refractivity contribution in [1.82, 2.24) is 10.4 Å². The number of hydrazone groups is 1. The molecule has 33 heavy (non-hydrogen) atoms. The number of amides is 1. The van der Waals surface area contributed by atoms with Crippen LogP contribution in [-0.2, 0) is 4.79 Å². The van der Waals surface area contributed by atoms with Gasteiger partial charge in [-0.25, -0.2) is 5.43 Å². The summed E-state index contributed by atoms with van der Waals surface area (Å²) in [6.45, 7) is 6.58. The van der Waals surface area contributed by atoms with E-state index < -0.39 is 0 Å². The summed E-state index contributed by atoms with van der Waals surface area (Å²) < 4.78 is 11.3. The number of anilines is 1. The summed E-state index contributed by atoms with van der Waals surface area (Å²) >= 11 is 0. The minimum atomic E-state index is -0.356. The van der Waals surface area contributed by atoms with Gasteiger partial charge >= 0.3 is 0 Å². The molecule has 0 spiro atoms. The van der Waals surface area contributed by atoms with Crippen molar-refractivity contribution in [3.8, 4) is 11.5 Å². The summed E-state index contributed by atoms with van der Waals surface area (Å²) in [5.74, 6) is 1.32. The Morgan fingerprint density at radius 2 is 2.06 bits per heavy atom. The van der Waals surface area contributed by atoms with E-state index in [0.717, 1.165) is 28.6 Å². The maximum Gasteiger partial charge on any atom is 0.277 e. The molecule has 172 valence electrons. The van der Waals surface area contributed by atoms with Crippen LogP contribution in [0.2, 0.25) is 0 Å². The fourth-order valence-corrected chi connectivity index (χ4v) is 4.43. The first-order chi connectivity index (χ1) is 15.8. The molecular formula is C26H30N4O3. The van der Waals surface area contributed by atoms with Gasteiger partial charge in [-0.1, -0.05) is 25.1 Å². The van der Waals surface area contributed by atoms with Crippen LogP contribution in [0.4, 0.5) is 5.69 Å². The normalized spacial score (nSPS) is 17.1. The second-order valence-corrected chi connectivity index (χ2v) is 9.04. The third kappa shape index (κ3) is 4.62. The zero-order valence-corrected chi connectivity index (χ0v) is 19.8. The van der Waals surface area contributed by atoms with Crippen molar-refractivity contribution < 1.29 is 14.3 Å². The lowest BCUT2D eigenvalue weighted by molar-refractivity contribution is -0.123. The van der Waals surface area contributed by atoms with Gasteiger partial charge in [-0.15, -0.1) is 0 Å². The summed E-state index contributed by atoms with van der Waals surface area (Å²) in [7, 11) is 3.75. The molecule has 0 saturated heterocycles. The monoisotopic (exact) mass is 446 g/mol. The van der Waals surface area contributed by atoms with E-state index in [0.29, 0.717) is 17.4 Å². The zero-order chi connectivity index (χ0) is 23.6. The van der Waals surface area contributed by atoms with Crippen LogP contribution in [0.5, 0.6) is 11.5 Å². The summed E-state index contributed by atoms with van der Waals surface area (Å²) in [6, 6.07) is 13.6. The number of aromatic nitrogens is 1. The second-order valence-electron chi connectivity index (χ2n) is 9.04. The molecule has 0 radical (unpaired) electrons. The van der Waals surface area contributed by atoms with E-state index in [4.69, 9.17) is 9.47 Å². The van der Waals surface area contributed by atoms with Gasteiger partial charge in [0.2, 0.25) is 0 Å². The van der Waals surface area contributed by atoms with Crippen molar-refractivity contribution in [3.05, 3.63) is 59.8 Å². The van der Waals surface area contributed by atoms with Gasteiger partial charge in [0.05, 0.1) is 13.3 Å². The molecule has 1 atom stereocenters. The number of ether oxygens (including phenoxy) is 2. The number of para-hydroxylation sites is 1. The smallest absolute Gasteiger partial charge is 0.277 e. The molecule has 3 aromatic rings. The minimum absolute atomic E-state index is 0.0700. The molecule has 2 heterocycles. The van der Waals surface area contributed by atoms with Crippen molar-refractivity contribution in [2.24, 2.45) is 5.10 Å². The third-order valence-electron chi connectivity index (χ3n) is 6.33. The Hall–Kier alpha value is -3.61. The number of rotatable bonds is 6. The van der Waals surface area contributed by atoms with E-state index >= 15 is 0 Å². The molecule has 0 bridgehead atoms. The summed E-state index contributed by atoms with van der Waals surface area (Å²) in [4.78, 5) is 18.9. The molecule has 7 heteroatoms. The van der Waals surface area contributed by atoms with Crippen LogP contribution in [-0.4, -0.2) is 43.4 Å². The van der Waals surface area contributed by atoms with Crippen LogP contribution in [0.15, 0.2) is 53.8 Å². The van der Waals surface area contributed by atoms with Gasteiger partial charge in [-0.2, -0.15) is 5.10 Å². The van der Waals surface area contributed by atoms with Crippen molar-refractivity contribution in [2.75, 3.05) is 25.7 Å². The first kappa shape index (κ1) is 22.6. The standard InChI is InChI=1S/C26H30N4O3/c1-17-14-26(2,3)30(4)21-13-23(32-5)19(12-20(17)21)15-28-29-24(31)16-33-22-10-6-8-18-9-7-11-27-25(18)22/h6-13,15,17H,14,16H2,1-5H3,(H,29,31)/b28-15-. The van der Waals surface area contributed by atoms with Gasteiger partial charge < -0.3 is 14.4 Å². The van der Waals surface area contributed by atoms with Gasteiger partial charge in [-0.3, -0.25) is 9.78 Å². The highest BCUT2D eigenvalue weighted by atomic mass is 16.5. The Labute approximate surface area is 194 Å². The van der Waals surface area contributed by atoms with Crippen LogP contribution in [0.3, 0.4) is 0 Å². The Balaban J connectivity index is 1.45. The Morgan fingerprint density at radius 3 is 2.85 bits per heavy atom. The Bertz CT molecular complexity index is 1200. The molecule has 1 N–H and O–H groups in total. The highest BCUT2D eigenvalue weighted by Crippen LogP contribution is 2.44. The first-order valence-electron chi connectivity index (χ1n) is 11.0. The number of benzene rings is 2. The maximum atomic E-state index is 12.3. The lowest BCUT2D eigenvalue weighted by Gasteiger charge is -2.45. The number of nitrogens with zero attached hydrogens (tertiary/aromatic N) is 3. The van der Waals surface area contributed by atoms with Crippen LogP contribution >= 0.6 is 0 Å². The van der Waals surface area contributed by atoms with Crippen molar-refractivity contribution in [1.29, 1.82) is 0 Å². The topological polar surface area (TPSA) is 76.0 Å². The van der Waals surface area contributed by atoms with Gasteiger partial charge in [0.1, 0.15) is 17.0 Å². The fourth-order valence-electron chi connectivity index (χ4n) is 4.43. The van der Waals surface area contributed by atoms with Gasteiger partial charge in [0, 0.05) is 41.5 Å². The zero-order valence-electron chi connectivity index (χ0n) is 19.8. The van der Waals surface area contributed by atoms with Crippen molar-refractivity contribution in [2.45, 2.75) is 38.6 Å². The van der Waals surface area contributed by atoms with Crippen molar-refractivity contribution in [3.63, 3.8) is 0 Å². The third-order valence-corrected chi connectivity index (χ3v) is 6.33. The number of pyridine rings is 1. The first-order valence-corrected chi connectivity index (χ1v) is 11.0. The van der Waals surface area contributed by atoms with Crippen LogP contribution in [0.25, 0.3) is 10.9 Å². The van der Waals surface area contributed by atoms with E-state index in [9.17, 15) is 4.79 Å². The molecule has 0 fully saturated rings. The van der Waals surface area contributed by atoms with E-state index in [-0.39, 0.29) is 18.1 Å². The second kappa shape index (κ2) is 9.10. The molecular weight excluding hydrogens is 416 g/mol. The number of carbonyl (C=O) groups excluding carboxylic acids is 1. The molecule has 1 aliphatic heterocycles. The predicted octanol–water partition coefficient (Wildman–Crippen LogP) is 4.49. The molecule has 0 aliphatic carbocycles. The molecule has 1 aromatic heterocycles. The minimum Gasteiger partial charge on any atom is -0.496 e. The molecule has 2 aromatic carbocycles. The molecule has 4 rings (SSSR count). The number of fused-ring (bicyclic) bond motifs is 2. The average Bonchev–Trinajstić information content (AvgIpc) is 2.80. The summed E-state index contributed by atoms with van der Waals surface area (Å²) in [5.41, 5.74) is 6.55. The predicted molar refractivity (Wildman–Crippen MR) is 131 cm³/mol. The lowest BCUT2D eigenvalue weighted by atomic mass is 9.80. The van der Waals surface area contributed by atoms with Gasteiger partial charge in [0.25, 0.3) is 5.91 Å². The Kier molecular flexibility index (Phi) is 6.22. The van der Waals surface area contributed by atoms with E-state index in [2.05, 4.69) is 54.3 Å². The van der Waals surface area contributed by atoms with Gasteiger partial charge in [0.15, 0.2) is 6.61 Å². The highest BCUT2D eigenvalue weighted by Gasteiger charge is 2.34. The fraction of sp³-hybridized carbons (Fsp3) is 0.346. The van der Waals surface area contributed by atoms with E-state index in [1.807, 2.05) is 30.3 Å². The van der Waals surface area contributed by atoms with Gasteiger partial charge in [-0.05, 0) is 49.9 Å². The molecule has 1 amide bonds. The molecule has 7 nitrogen and oxygen atoms in total. The van der Waals surface area contributed by atoms with Crippen LogP contribution in [0.1, 0.15) is 44.2 Å². The number of methoxy groups -OCH3 is 1. The summed E-state index contributed by atoms with van der Waals surface area (Å²) in [6.07, 6.45) is 4.37. The highest BCUT2D eigenvalue weighted by molar-refractivity contribution is 5.88. The molecule has 0 saturated carbocycles. The summed E-state index contributed by atoms with van der Waals surface area (Å²) in [5, 5.41) is 5.09. The molecule has 1 unspecified atom stereocenters. The van der Waals surface area contributed by atoms with Crippen LogP contribution in [0, 0.1) is 0 Å². The largest absolute Gasteiger partial charge is 0.496 e. The maximum absolute atomic E-state index is 12.3. The van der Waals surface area contributed by atoms with Crippen LogP contribution < -0.4 is 19.8 Å². The van der Waals surface area contributed by atoms with E-state index in [1.165, 1.54) is 5.56 Å². The number of hydrogen-bond acceptors (Lipinski definition) is 6. The number of nitrogens with one attached hydrogen (secondary N) is 1. The number of carbonyl (C=O) groups is 1. The Morgan fingerprint density at radius 1 is 1.27 bits per heavy atom. The van der Waals surface area contributed by atoms with Crippen molar-refractivity contribution >= 4 is 28.7 Å².